The van der Waals surface area contributed by atoms with Gasteiger partial charge in [-0.25, -0.2) is 0 Å². The van der Waals surface area contributed by atoms with E-state index in [-0.39, 0.29) is 18.4 Å². The molecule has 2 aromatic carbocycles. The minimum absolute atomic E-state index is 0.105. The van der Waals surface area contributed by atoms with Gasteiger partial charge in [0.25, 0.3) is 0 Å². The van der Waals surface area contributed by atoms with Crippen LogP contribution in [0.1, 0.15) is 63.8 Å². The third-order valence-corrected chi connectivity index (χ3v) is 6.52. The molecular weight excluding hydrogens is 442 g/mol. The van der Waals surface area contributed by atoms with Gasteiger partial charge in [-0.15, -0.1) is 0 Å². The molecule has 1 heterocycles. The van der Waals surface area contributed by atoms with Gasteiger partial charge in [-0.3, -0.25) is 9.59 Å². The average Bonchev–Trinajstić information content (AvgIpc) is 3.12. The van der Waals surface area contributed by atoms with E-state index in [4.69, 9.17) is 14.0 Å². The van der Waals surface area contributed by atoms with Gasteiger partial charge in [-0.05, 0) is 64.2 Å². The summed E-state index contributed by atoms with van der Waals surface area (Å²) >= 11 is 0. The van der Waals surface area contributed by atoms with Gasteiger partial charge in [0.15, 0.2) is 5.76 Å². The van der Waals surface area contributed by atoms with Gasteiger partial charge in [0.2, 0.25) is 0 Å². The lowest BCUT2D eigenvalue weighted by Crippen LogP contribution is -2.43. The van der Waals surface area contributed by atoms with E-state index in [9.17, 15) is 9.59 Å². The second kappa shape index (κ2) is 9.68. The lowest BCUT2D eigenvalue weighted by atomic mass is 9.64. The summed E-state index contributed by atoms with van der Waals surface area (Å²) in [5.74, 6) is 0.151. The number of benzene rings is 2. The number of carbonyl (C=O) groups excluding carboxylic acids is 2. The fourth-order valence-corrected chi connectivity index (χ4v) is 4.55. The summed E-state index contributed by atoms with van der Waals surface area (Å²) in [6.45, 7) is 9.61. The molecule has 6 heteroatoms. The van der Waals surface area contributed by atoms with Gasteiger partial charge in [0.1, 0.15) is 5.60 Å². The van der Waals surface area contributed by atoms with Crippen molar-refractivity contribution < 1.29 is 23.6 Å². The zero-order valence-electron chi connectivity index (χ0n) is 21.1. The molecule has 4 rings (SSSR count). The number of aromatic nitrogens is 1. The highest BCUT2D eigenvalue weighted by atomic mass is 16.6. The summed E-state index contributed by atoms with van der Waals surface area (Å²) in [6.07, 6.45) is 2.82. The Bertz CT molecular complexity index is 1200. The Balaban J connectivity index is 1.52. The molecule has 0 atom stereocenters. The van der Waals surface area contributed by atoms with Crippen LogP contribution < -0.4 is 0 Å². The third kappa shape index (κ3) is 5.16. The van der Waals surface area contributed by atoms with Gasteiger partial charge in [0, 0.05) is 11.1 Å². The molecule has 1 aliphatic rings. The van der Waals surface area contributed by atoms with E-state index in [1.807, 2.05) is 71.0 Å². The highest BCUT2D eigenvalue weighted by Crippen LogP contribution is 2.45. The fourth-order valence-electron chi connectivity index (χ4n) is 4.55. The van der Waals surface area contributed by atoms with Crippen molar-refractivity contribution in [3.05, 3.63) is 65.4 Å². The maximum atomic E-state index is 12.6. The van der Waals surface area contributed by atoms with Gasteiger partial charge in [-0.2, -0.15) is 0 Å². The number of ether oxygens (including phenoxy) is 2. The predicted octanol–water partition coefficient (Wildman–Crippen LogP) is 6.19. The van der Waals surface area contributed by atoms with Gasteiger partial charge >= 0.3 is 11.9 Å². The van der Waals surface area contributed by atoms with Crippen molar-refractivity contribution in [2.24, 2.45) is 0 Å². The summed E-state index contributed by atoms with van der Waals surface area (Å²) < 4.78 is 16.4. The van der Waals surface area contributed by atoms with E-state index in [2.05, 4.69) is 17.3 Å². The van der Waals surface area contributed by atoms with Crippen LogP contribution in [0.5, 0.6) is 0 Å². The lowest BCUT2D eigenvalue weighted by molar-refractivity contribution is -0.154. The summed E-state index contributed by atoms with van der Waals surface area (Å²) in [5.41, 5.74) is 4.34. The Kier molecular flexibility index (Phi) is 6.84. The molecule has 1 aromatic heterocycles. The number of hydrogen-bond donors (Lipinski definition) is 0. The number of carbonyl (C=O) groups is 2. The first-order chi connectivity index (χ1) is 16.6. The number of esters is 2. The van der Waals surface area contributed by atoms with Crippen molar-refractivity contribution in [3.63, 3.8) is 0 Å². The number of rotatable bonds is 7. The molecule has 0 N–H and O–H groups in total. The Morgan fingerprint density at radius 3 is 2.06 bits per heavy atom. The first-order valence-corrected chi connectivity index (χ1v) is 12.2. The molecule has 0 unspecified atom stereocenters. The Morgan fingerprint density at radius 1 is 0.971 bits per heavy atom. The molecule has 3 aromatic rings. The molecule has 0 spiro atoms. The normalized spacial score (nSPS) is 14.8. The summed E-state index contributed by atoms with van der Waals surface area (Å²) in [4.78, 5) is 25.0. The highest BCUT2D eigenvalue weighted by molar-refractivity contribution is 5.85. The van der Waals surface area contributed by atoms with Crippen LogP contribution in [0.2, 0.25) is 0 Å². The summed E-state index contributed by atoms with van der Waals surface area (Å²) in [6, 6.07) is 16.2. The molecule has 6 nitrogen and oxygen atoms in total. The molecule has 0 aliphatic heterocycles. The van der Waals surface area contributed by atoms with E-state index in [0.717, 1.165) is 47.1 Å². The van der Waals surface area contributed by atoms with Crippen molar-refractivity contribution in [1.82, 2.24) is 5.16 Å². The van der Waals surface area contributed by atoms with Crippen LogP contribution >= 0.6 is 0 Å². The molecule has 0 saturated heterocycles. The van der Waals surface area contributed by atoms with Crippen LogP contribution in [0.15, 0.2) is 53.1 Å². The van der Waals surface area contributed by atoms with E-state index in [0.29, 0.717) is 18.1 Å². The predicted molar refractivity (Wildman–Crippen MR) is 134 cm³/mol. The third-order valence-electron chi connectivity index (χ3n) is 6.52. The van der Waals surface area contributed by atoms with E-state index in [1.54, 1.807) is 0 Å². The smallest absolute Gasteiger partial charge is 0.316 e. The van der Waals surface area contributed by atoms with Crippen LogP contribution in [-0.4, -0.2) is 29.3 Å². The van der Waals surface area contributed by atoms with E-state index >= 15 is 0 Å². The largest absolute Gasteiger partial charge is 0.465 e. The maximum Gasteiger partial charge on any atom is 0.316 e. The maximum absolute atomic E-state index is 12.6. The van der Waals surface area contributed by atoms with Crippen molar-refractivity contribution in [2.45, 2.75) is 71.3 Å². The molecule has 1 aliphatic carbocycles. The minimum Gasteiger partial charge on any atom is -0.465 e. The minimum atomic E-state index is -0.548. The zero-order chi connectivity index (χ0) is 25.2. The topological polar surface area (TPSA) is 78.6 Å². The van der Waals surface area contributed by atoms with Crippen LogP contribution in [0, 0.1) is 6.92 Å². The van der Waals surface area contributed by atoms with Crippen molar-refractivity contribution in [2.75, 3.05) is 6.61 Å². The van der Waals surface area contributed by atoms with Crippen LogP contribution in [-0.2, 0) is 30.9 Å². The van der Waals surface area contributed by atoms with E-state index < -0.39 is 11.0 Å². The molecule has 1 fully saturated rings. The first kappa shape index (κ1) is 24.7. The van der Waals surface area contributed by atoms with Gasteiger partial charge in [0.05, 0.1) is 24.1 Å². The monoisotopic (exact) mass is 475 g/mol. The molecule has 184 valence electrons. The summed E-state index contributed by atoms with van der Waals surface area (Å²) in [7, 11) is 0. The van der Waals surface area contributed by atoms with Crippen molar-refractivity contribution >= 4 is 11.9 Å². The Hall–Kier alpha value is -3.41. The number of hydrogen-bond acceptors (Lipinski definition) is 6. The summed E-state index contributed by atoms with van der Waals surface area (Å²) in [5, 5.41) is 4.08. The van der Waals surface area contributed by atoms with E-state index in [1.165, 1.54) is 0 Å². The molecule has 35 heavy (non-hydrogen) atoms. The highest BCUT2D eigenvalue weighted by Gasteiger charge is 2.46. The molecule has 0 bridgehead atoms. The second-order valence-corrected chi connectivity index (χ2v) is 10.1. The van der Waals surface area contributed by atoms with Crippen LogP contribution in [0.4, 0.5) is 0 Å². The fraction of sp³-hybridized carbons (Fsp3) is 0.414. The Labute approximate surface area is 206 Å². The lowest BCUT2D eigenvalue weighted by Gasteiger charge is -2.39. The van der Waals surface area contributed by atoms with Crippen LogP contribution in [0.25, 0.3) is 22.5 Å². The molecule has 0 amide bonds. The standard InChI is InChI=1S/C29H33NO5/c1-6-33-27(32)29(16-7-17-29)23-14-12-21(13-15-23)20-8-10-22(11-9-20)26-24(19(2)30-35-26)18-25(31)34-28(3,4)5/h8-15H,6-7,16-18H2,1-5H3. The van der Waals surface area contributed by atoms with Gasteiger partial charge < -0.3 is 14.0 Å². The van der Waals surface area contributed by atoms with Gasteiger partial charge in [-0.1, -0.05) is 60.1 Å². The first-order valence-electron chi connectivity index (χ1n) is 12.2. The SMILES string of the molecule is CCOC(=O)C1(c2ccc(-c3ccc(-c4onc(C)c4CC(=O)OC(C)(C)C)cc3)cc2)CCC1. The second-order valence-electron chi connectivity index (χ2n) is 10.1. The average molecular weight is 476 g/mol. The van der Waals surface area contributed by atoms with Crippen molar-refractivity contribution in [3.8, 4) is 22.5 Å². The van der Waals surface area contributed by atoms with Crippen LogP contribution in [0.3, 0.4) is 0 Å². The zero-order valence-corrected chi connectivity index (χ0v) is 21.1. The van der Waals surface area contributed by atoms with Crippen molar-refractivity contribution in [1.29, 1.82) is 0 Å². The molecule has 0 radical (unpaired) electrons. The molecule has 1 saturated carbocycles. The quantitative estimate of drug-likeness (QED) is 0.379. The molecular formula is C29H33NO5. The number of nitrogens with zero attached hydrogens (tertiary/aromatic N) is 1. The number of aryl methyl sites for hydroxylation is 1. The Morgan fingerprint density at radius 2 is 1.54 bits per heavy atom.